The molecule has 5 nitrogen and oxygen atoms in total. The molecule has 3 N–H and O–H groups in total. The first-order chi connectivity index (χ1) is 5.45. The largest absolute Gasteiger partial charge is 0.395 e. The standard InChI is InChI=1S/C6H15NO4S/c1-6(5-8)7-3-2-4-12(9,10)11/h6-8H,2-5H2,1H3,(H,9,10,11). The second-order valence-electron chi connectivity index (χ2n) is 2.68. The molecule has 0 aliphatic rings. The second-order valence-corrected chi connectivity index (χ2v) is 4.25. The van der Waals surface area contributed by atoms with Gasteiger partial charge in [-0.15, -0.1) is 0 Å². The smallest absolute Gasteiger partial charge is 0.264 e. The third kappa shape index (κ3) is 7.93. The highest BCUT2D eigenvalue weighted by atomic mass is 32.2. The molecule has 0 amide bonds. The van der Waals surface area contributed by atoms with Gasteiger partial charge < -0.3 is 10.4 Å². The van der Waals surface area contributed by atoms with Gasteiger partial charge in [0, 0.05) is 6.04 Å². The molecule has 0 heterocycles. The minimum Gasteiger partial charge on any atom is -0.395 e. The van der Waals surface area contributed by atoms with Gasteiger partial charge in [-0.3, -0.25) is 4.55 Å². The Kier molecular flexibility index (Phi) is 5.39. The zero-order valence-electron chi connectivity index (χ0n) is 7.02. The van der Waals surface area contributed by atoms with Crippen molar-refractivity contribution in [2.24, 2.45) is 0 Å². The Labute approximate surface area is 72.5 Å². The number of rotatable bonds is 6. The molecule has 0 saturated heterocycles. The lowest BCUT2D eigenvalue weighted by molar-refractivity contribution is 0.252. The molecule has 0 fully saturated rings. The maximum absolute atomic E-state index is 10.2. The van der Waals surface area contributed by atoms with Crippen molar-refractivity contribution in [3.63, 3.8) is 0 Å². The zero-order chi connectivity index (χ0) is 9.61. The summed E-state index contributed by atoms with van der Waals surface area (Å²) in [6.45, 7) is 2.28. The number of nitrogens with one attached hydrogen (secondary N) is 1. The summed E-state index contributed by atoms with van der Waals surface area (Å²) in [7, 11) is -3.83. The van der Waals surface area contributed by atoms with Crippen molar-refractivity contribution in [1.29, 1.82) is 0 Å². The zero-order valence-corrected chi connectivity index (χ0v) is 7.84. The molecule has 74 valence electrons. The molecule has 0 aromatic carbocycles. The van der Waals surface area contributed by atoms with E-state index in [4.69, 9.17) is 9.66 Å². The van der Waals surface area contributed by atoms with Crippen molar-refractivity contribution in [2.75, 3.05) is 18.9 Å². The average Bonchev–Trinajstić information content (AvgIpc) is 1.96. The lowest BCUT2D eigenvalue weighted by Crippen LogP contribution is -2.30. The molecule has 0 saturated carbocycles. The van der Waals surface area contributed by atoms with E-state index < -0.39 is 10.1 Å². The van der Waals surface area contributed by atoms with Gasteiger partial charge in [0.25, 0.3) is 10.1 Å². The SMILES string of the molecule is CC(CO)NCCCS(=O)(=O)O. The first kappa shape index (κ1) is 11.8. The minimum absolute atomic E-state index is 0.0197. The normalized spacial score (nSPS) is 14.6. The monoisotopic (exact) mass is 197 g/mol. The number of aliphatic hydroxyl groups is 1. The Balaban J connectivity index is 3.34. The summed E-state index contributed by atoms with van der Waals surface area (Å²) in [6, 6.07) is -0.0357. The van der Waals surface area contributed by atoms with Gasteiger partial charge in [-0.05, 0) is 19.9 Å². The summed E-state index contributed by atoms with van der Waals surface area (Å²) in [5, 5.41) is 11.4. The van der Waals surface area contributed by atoms with E-state index in [2.05, 4.69) is 5.32 Å². The summed E-state index contributed by atoms with van der Waals surface area (Å²) in [4.78, 5) is 0. The van der Waals surface area contributed by atoms with Crippen LogP contribution in [0.2, 0.25) is 0 Å². The minimum atomic E-state index is -3.83. The lowest BCUT2D eigenvalue weighted by Gasteiger charge is -2.08. The van der Waals surface area contributed by atoms with Gasteiger partial charge >= 0.3 is 0 Å². The Morgan fingerprint density at radius 2 is 2.08 bits per heavy atom. The first-order valence-electron chi connectivity index (χ1n) is 3.75. The molecule has 0 radical (unpaired) electrons. The van der Waals surface area contributed by atoms with Crippen molar-refractivity contribution in [3.05, 3.63) is 0 Å². The molecular formula is C6H15NO4S. The van der Waals surface area contributed by atoms with E-state index >= 15 is 0 Å². The third-order valence-electron chi connectivity index (χ3n) is 1.35. The van der Waals surface area contributed by atoms with Crippen LogP contribution in [0.15, 0.2) is 0 Å². The van der Waals surface area contributed by atoms with Crippen LogP contribution in [0.3, 0.4) is 0 Å². The van der Waals surface area contributed by atoms with Gasteiger partial charge in [0.1, 0.15) is 0 Å². The van der Waals surface area contributed by atoms with Gasteiger partial charge in [-0.25, -0.2) is 0 Å². The molecule has 0 bridgehead atoms. The molecule has 6 heteroatoms. The molecule has 0 rings (SSSR count). The van der Waals surface area contributed by atoms with E-state index in [0.717, 1.165) is 0 Å². The Morgan fingerprint density at radius 1 is 1.50 bits per heavy atom. The first-order valence-corrected chi connectivity index (χ1v) is 5.36. The predicted molar refractivity (Wildman–Crippen MR) is 45.6 cm³/mol. The van der Waals surface area contributed by atoms with Crippen LogP contribution < -0.4 is 5.32 Å². The van der Waals surface area contributed by atoms with Crippen LogP contribution in [0.4, 0.5) is 0 Å². The summed E-state index contributed by atoms with van der Waals surface area (Å²) in [6.07, 6.45) is 0.350. The van der Waals surface area contributed by atoms with E-state index in [1.165, 1.54) is 0 Å². The summed E-state index contributed by atoms with van der Waals surface area (Å²) < 4.78 is 28.8. The van der Waals surface area contributed by atoms with E-state index in [0.29, 0.717) is 13.0 Å². The molecule has 1 unspecified atom stereocenters. The van der Waals surface area contributed by atoms with Gasteiger partial charge in [0.2, 0.25) is 0 Å². The predicted octanol–water partition coefficient (Wildman–Crippen LogP) is -0.765. The molecular weight excluding hydrogens is 182 g/mol. The number of hydrogen-bond donors (Lipinski definition) is 3. The van der Waals surface area contributed by atoms with Crippen LogP contribution in [0.1, 0.15) is 13.3 Å². The fourth-order valence-electron chi connectivity index (χ4n) is 0.668. The molecule has 0 aliphatic carbocycles. The molecule has 12 heavy (non-hydrogen) atoms. The van der Waals surface area contributed by atoms with Crippen LogP contribution in [0.5, 0.6) is 0 Å². The quantitative estimate of drug-likeness (QED) is 0.384. The van der Waals surface area contributed by atoms with Crippen LogP contribution in [0.25, 0.3) is 0 Å². The molecule has 1 atom stereocenters. The maximum Gasteiger partial charge on any atom is 0.264 e. The topological polar surface area (TPSA) is 86.6 Å². The van der Waals surface area contributed by atoms with Gasteiger partial charge in [-0.2, -0.15) is 8.42 Å². The summed E-state index contributed by atoms with van der Waals surface area (Å²) in [5.41, 5.74) is 0. The number of aliphatic hydroxyl groups excluding tert-OH is 1. The highest BCUT2D eigenvalue weighted by Crippen LogP contribution is 1.87. The van der Waals surface area contributed by atoms with Crippen LogP contribution in [-0.2, 0) is 10.1 Å². The van der Waals surface area contributed by atoms with Crippen molar-refractivity contribution >= 4 is 10.1 Å². The summed E-state index contributed by atoms with van der Waals surface area (Å²) in [5.74, 6) is -0.238. The molecule has 0 aromatic rings. The fourth-order valence-corrected chi connectivity index (χ4v) is 1.18. The van der Waals surface area contributed by atoms with E-state index in [1.807, 2.05) is 0 Å². The van der Waals surface area contributed by atoms with E-state index in [9.17, 15) is 8.42 Å². The van der Waals surface area contributed by atoms with Gasteiger partial charge in [0.15, 0.2) is 0 Å². The highest BCUT2D eigenvalue weighted by Gasteiger charge is 2.04. The summed E-state index contributed by atoms with van der Waals surface area (Å²) >= 11 is 0. The number of hydrogen-bond acceptors (Lipinski definition) is 4. The molecule has 0 aromatic heterocycles. The third-order valence-corrected chi connectivity index (χ3v) is 2.15. The van der Waals surface area contributed by atoms with E-state index in [1.54, 1.807) is 6.92 Å². The highest BCUT2D eigenvalue weighted by molar-refractivity contribution is 7.85. The lowest BCUT2D eigenvalue weighted by atomic mass is 10.3. The Hall–Kier alpha value is -0.170. The average molecular weight is 197 g/mol. The van der Waals surface area contributed by atoms with Crippen molar-refractivity contribution in [2.45, 2.75) is 19.4 Å². The maximum atomic E-state index is 10.2. The molecule has 0 aliphatic heterocycles. The Morgan fingerprint density at radius 3 is 2.50 bits per heavy atom. The van der Waals surface area contributed by atoms with Crippen LogP contribution in [0, 0.1) is 0 Å². The van der Waals surface area contributed by atoms with Crippen LogP contribution >= 0.6 is 0 Å². The van der Waals surface area contributed by atoms with Crippen molar-refractivity contribution in [3.8, 4) is 0 Å². The Bertz CT molecular complexity index is 202. The van der Waals surface area contributed by atoms with Gasteiger partial charge in [0.05, 0.1) is 12.4 Å². The second kappa shape index (κ2) is 5.47. The van der Waals surface area contributed by atoms with E-state index in [-0.39, 0.29) is 18.4 Å². The van der Waals surface area contributed by atoms with Crippen molar-refractivity contribution in [1.82, 2.24) is 5.32 Å². The van der Waals surface area contributed by atoms with Crippen molar-refractivity contribution < 1.29 is 18.1 Å². The van der Waals surface area contributed by atoms with Gasteiger partial charge in [-0.1, -0.05) is 0 Å². The van der Waals surface area contributed by atoms with Crippen LogP contribution in [-0.4, -0.2) is 43.0 Å². The molecule has 0 spiro atoms. The fraction of sp³-hybridized carbons (Fsp3) is 1.00.